The maximum Gasteiger partial charge on any atom is 0.316 e. The molecule has 1 heterocycles. The zero-order chi connectivity index (χ0) is 23.9. The van der Waals surface area contributed by atoms with Crippen LogP contribution in [0.5, 0.6) is 11.5 Å². The fraction of sp³-hybridized carbons (Fsp3) is 0.304. The maximum absolute atomic E-state index is 13.6. The van der Waals surface area contributed by atoms with Crippen LogP contribution >= 0.6 is 0 Å². The van der Waals surface area contributed by atoms with E-state index in [2.05, 4.69) is 10.6 Å². The predicted octanol–water partition coefficient (Wildman–Crippen LogP) is 3.54. The molecule has 3 N–H and O–H groups in total. The summed E-state index contributed by atoms with van der Waals surface area (Å²) in [6.45, 7) is 1.80. The van der Waals surface area contributed by atoms with E-state index >= 15 is 0 Å². The lowest BCUT2D eigenvalue weighted by molar-refractivity contribution is -0.386. The first-order valence-corrected chi connectivity index (χ1v) is 10.3. The highest BCUT2D eigenvalue weighted by molar-refractivity contribution is 6.11. The Kier molecular flexibility index (Phi) is 5.67. The summed E-state index contributed by atoms with van der Waals surface area (Å²) in [4.78, 5) is 37.0. The van der Waals surface area contributed by atoms with Gasteiger partial charge in [-0.1, -0.05) is 19.1 Å². The number of allylic oxidation sites excluding steroid dienone is 1. The third kappa shape index (κ3) is 3.73. The molecule has 10 heteroatoms. The average Bonchev–Trinajstić information content (AvgIpc) is 2.95. The van der Waals surface area contributed by atoms with Crippen LogP contribution in [0, 0.1) is 22.0 Å². The topological polar surface area (TPSA) is 140 Å². The van der Waals surface area contributed by atoms with Crippen molar-refractivity contribution >= 4 is 28.8 Å². The number of benzene rings is 2. The molecule has 0 fully saturated rings. The molecule has 0 saturated heterocycles. The van der Waals surface area contributed by atoms with Gasteiger partial charge in [-0.15, -0.1) is 0 Å². The number of fused-ring (bicyclic) bond motifs is 1. The van der Waals surface area contributed by atoms with Crippen molar-refractivity contribution in [3.8, 4) is 11.5 Å². The fourth-order valence-corrected chi connectivity index (χ4v) is 4.46. The third-order valence-corrected chi connectivity index (χ3v) is 6.05. The van der Waals surface area contributed by atoms with Gasteiger partial charge in [0.05, 0.1) is 36.6 Å². The van der Waals surface area contributed by atoms with E-state index in [1.165, 1.54) is 26.4 Å². The molecule has 3 atom stereocenters. The summed E-state index contributed by atoms with van der Waals surface area (Å²) in [5.74, 6) is -3.09. The van der Waals surface area contributed by atoms with Crippen LogP contribution in [0.15, 0.2) is 47.7 Å². The number of para-hydroxylation sites is 2. The molecule has 2 aliphatic rings. The summed E-state index contributed by atoms with van der Waals surface area (Å²) in [5, 5.41) is 28.4. The number of ketones is 1. The van der Waals surface area contributed by atoms with Crippen molar-refractivity contribution in [1.29, 1.82) is 0 Å². The van der Waals surface area contributed by atoms with Gasteiger partial charge >= 0.3 is 11.7 Å². The van der Waals surface area contributed by atoms with Crippen LogP contribution in [0.25, 0.3) is 0 Å². The second-order valence-corrected chi connectivity index (χ2v) is 8.03. The van der Waals surface area contributed by atoms with E-state index in [0.29, 0.717) is 23.4 Å². The van der Waals surface area contributed by atoms with Gasteiger partial charge in [-0.25, -0.2) is 0 Å². The molecule has 1 aliphatic carbocycles. The van der Waals surface area contributed by atoms with E-state index in [4.69, 9.17) is 9.47 Å². The highest BCUT2D eigenvalue weighted by Crippen LogP contribution is 2.46. The molecule has 172 valence electrons. The number of Topliss-reactive ketones (excluding diaryl/α,β-unsaturated/α-hetero) is 1. The molecule has 10 nitrogen and oxygen atoms in total. The van der Waals surface area contributed by atoms with Gasteiger partial charge in [0.2, 0.25) is 5.75 Å². The highest BCUT2D eigenvalue weighted by Gasteiger charge is 2.44. The van der Waals surface area contributed by atoms with E-state index in [9.17, 15) is 24.8 Å². The summed E-state index contributed by atoms with van der Waals surface area (Å²) in [6.07, 6.45) is 0.394. The molecule has 0 radical (unpaired) electrons. The van der Waals surface area contributed by atoms with Crippen LogP contribution in [0.4, 0.5) is 17.1 Å². The Labute approximate surface area is 189 Å². The van der Waals surface area contributed by atoms with Gasteiger partial charge in [0.15, 0.2) is 11.5 Å². The van der Waals surface area contributed by atoms with Crippen LogP contribution in [0.2, 0.25) is 0 Å². The lowest BCUT2D eigenvalue weighted by Crippen LogP contribution is -2.39. The minimum absolute atomic E-state index is 0.102. The summed E-state index contributed by atoms with van der Waals surface area (Å²) < 4.78 is 10.0. The van der Waals surface area contributed by atoms with Crippen molar-refractivity contribution in [1.82, 2.24) is 0 Å². The van der Waals surface area contributed by atoms with Crippen LogP contribution < -0.4 is 15.4 Å². The Morgan fingerprint density at radius 2 is 1.91 bits per heavy atom. The smallest absolute Gasteiger partial charge is 0.316 e. The van der Waals surface area contributed by atoms with E-state index in [-0.39, 0.29) is 17.2 Å². The summed E-state index contributed by atoms with van der Waals surface area (Å²) >= 11 is 0. The Morgan fingerprint density at radius 3 is 2.55 bits per heavy atom. The first-order valence-electron chi connectivity index (χ1n) is 10.3. The van der Waals surface area contributed by atoms with Crippen LogP contribution in [-0.2, 0) is 14.3 Å². The van der Waals surface area contributed by atoms with E-state index in [0.717, 1.165) is 5.69 Å². The molecule has 33 heavy (non-hydrogen) atoms. The number of ether oxygens (including phenoxy) is 2. The van der Waals surface area contributed by atoms with Gasteiger partial charge in [0.1, 0.15) is 5.92 Å². The minimum atomic E-state index is -1.00. The predicted molar refractivity (Wildman–Crippen MR) is 119 cm³/mol. The number of anilines is 2. The van der Waals surface area contributed by atoms with Crippen molar-refractivity contribution in [3.63, 3.8) is 0 Å². The first-order chi connectivity index (χ1) is 15.8. The lowest BCUT2D eigenvalue weighted by atomic mass is 9.74. The van der Waals surface area contributed by atoms with Crippen molar-refractivity contribution in [2.75, 3.05) is 24.9 Å². The quantitative estimate of drug-likeness (QED) is 0.274. The second-order valence-electron chi connectivity index (χ2n) is 8.03. The minimum Gasteiger partial charge on any atom is -0.500 e. The van der Waals surface area contributed by atoms with E-state index in [1.54, 1.807) is 6.92 Å². The van der Waals surface area contributed by atoms with Gasteiger partial charge in [-0.05, 0) is 36.1 Å². The Hall–Kier alpha value is -4.08. The number of nitro groups is 1. The standard InChI is InChI=1S/C23H23N3O7/c1-11-8-15-19(22(28)18(11)23(29)33-3)20(25-14-7-5-4-6-13(14)24-15)12-9-16(26(30)31)21(27)17(10-12)32-2/h4-7,9-11,18,20,24-25,27H,8H2,1-3H3/t11-,18+,20-/m0/s1. The number of phenols is 1. The Bertz CT molecular complexity index is 1190. The normalized spacial score (nSPS) is 21.7. The van der Waals surface area contributed by atoms with Crippen LogP contribution in [0.1, 0.15) is 24.9 Å². The molecular formula is C23H23N3O7. The van der Waals surface area contributed by atoms with Gasteiger partial charge in [-0.2, -0.15) is 0 Å². The number of methoxy groups -OCH3 is 2. The van der Waals surface area contributed by atoms with Gasteiger partial charge in [0.25, 0.3) is 0 Å². The number of carbonyl (C=O) groups is 2. The number of nitro benzene ring substituents is 1. The molecule has 1 aliphatic heterocycles. The van der Waals surface area contributed by atoms with Gasteiger partial charge < -0.3 is 25.2 Å². The van der Waals surface area contributed by atoms with Gasteiger partial charge in [-0.3, -0.25) is 19.7 Å². The number of nitrogens with zero attached hydrogens (tertiary/aromatic N) is 1. The molecule has 0 saturated carbocycles. The molecule has 0 amide bonds. The average molecular weight is 453 g/mol. The second kappa shape index (κ2) is 8.45. The molecule has 2 aromatic rings. The van der Waals surface area contributed by atoms with Gasteiger partial charge in [0, 0.05) is 17.3 Å². The number of rotatable bonds is 4. The zero-order valence-electron chi connectivity index (χ0n) is 18.2. The van der Waals surface area contributed by atoms with Crippen molar-refractivity contribution in [3.05, 3.63) is 63.3 Å². The highest BCUT2D eigenvalue weighted by atomic mass is 16.6. The number of carbonyl (C=O) groups excluding carboxylic acids is 2. The fourth-order valence-electron chi connectivity index (χ4n) is 4.46. The summed E-state index contributed by atoms with van der Waals surface area (Å²) in [6, 6.07) is 9.10. The SMILES string of the molecule is COC(=O)[C@H]1C(=O)C2=C(C[C@@H]1C)Nc1ccccc1N[C@H]2c1cc(OC)c(O)c([N+](=O)[O-])c1. The molecule has 0 aromatic heterocycles. The molecule has 0 unspecified atom stereocenters. The number of aromatic hydroxyl groups is 1. The Morgan fingerprint density at radius 1 is 1.21 bits per heavy atom. The maximum atomic E-state index is 13.6. The van der Waals surface area contributed by atoms with E-state index in [1.807, 2.05) is 24.3 Å². The molecule has 4 rings (SSSR count). The number of nitrogens with one attached hydrogen (secondary N) is 2. The zero-order valence-corrected chi connectivity index (χ0v) is 18.2. The number of phenolic OH excluding ortho intramolecular Hbond substituents is 1. The number of hydrogen-bond acceptors (Lipinski definition) is 9. The van der Waals surface area contributed by atoms with Crippen molar-refractivity contribution < 1.29 is 29.1 Å². The van der Waals surface area contributed by atoms with Crippen LogP contribution in [0.3, 0.4) is 0 Å². The molecular weight excluding hydrogens is 430 g/mol. The van der Waals surface area contributed by atoms with Crippen molar-refractivity contribution in [2.24, 2.45) is 11.8 Å². The Balaban J connectivity index is 1.94. The molecule has 0 bridgehead atoms. The van der Waals surface area contributed by atoms with E-state index < -0.39 is 40.1 Å². The largest absolute Gasteiger partial charge is 0.500 e. The summed E-state index contributed by atoms with van der Waals surface area (Å²) in [7, 11) is 2.52. The molecule has 0 spiro atoms. The first kappa shape index (κ1) is 22.1. The third-order valence-electron chi connectivity index (χ3n) is 6.05. The van der Waals surface area contributed by atoms with Crippen molar-refractivity contribution in [2.45, 2.75) is 19.4 Å². The monoisotopic (exact) mass is 453 g/mol. The number of hydrogen-bond donors (Lipinski definition) is 3. The lowest BCUT2D eigenvalue weighted by Gasteiger charge is -2.32. The molecule has 2 aromatic carbocycles. The van der Waals surface area contributed by atoms with Crippen LogP contribution in [-0.4, -0.2) is 36.0 Å². The summed E-state index contributed by atoms with van der Waals surface area (Å²) in [5.41, 5.74) is 2.06. The number of esters is 1.